The van der Waals surface area contributed by atoms with E-state index in [9.17, 15) is 14.4 Å². The third-order valence-electron chi connectivity index (χ3n) is 14.6. The van der Waals surface area contributed by atoms with Gasteiger partial charge in [0.05, 0.1) is 0 Å². The van der Waals surface area contributed by atoms with Crippen molar-refractivity contribution < 1.29 is 28.6 Å². The lowest BCUT2D eigenvalue weighted by Crippen LogP contribution is -2.30. The molecule has 6 nitrogen and oxygen atoms in total. The van der Waals surface area contributed by atoms with E-state index in [1.54, 1.807) is 0 Å². The second-order valence-corrected chi connectivity index (χ2v) is 22.1. The highest BCUT2D eigenvalue weighted by Gasteiger charge is 2.19. The molecule has 0 bridgehead atoms. The van der Waals surface area contributed by atoms with Gasteiger partial charge in [-0.15, -0.1) is 0 Å². The van der Waals surface area contributed by atoms with Gasteiger partial charge >= 0.3 is 17.9 Å². The predicted molar refractivity (Wildman–Crippen MR) is 293 cm³/mol. The first-order valence-electron chi connectivity index (χ1n) is 30.8. The van der Waals surface area contributed by atoms with Crippen LogP contribution < -0.4 is 0 Å². The minimum Gasteiger partial charge on any atom is -0.462 e. The third-order valence-corrected chi connectivity index (χ3v) is 14.6. The average Bonchev–Trinajstić information content (AvgIpc) is 3.32. The Labute approximate surface area is 425 Å². The SMILES string of the molecule is CCCCCCCCCCCCCCCCC(=O)O[C@@H](COC(=O)CCCCCCCCCCCCCCCCCCCCC(C)CC)COC(=O)CCCCCCCCCCCCCC(C)C. The number of ether oxygens (including phenoxy) is 3. The average molecular weight is 962 g/mol. The van der Waals surface area contributed by atoms with Crippen molar-refractivity contribution in [3.63, 3.8) is 0 Å². The Morgan fingerprint density at radius 1 is 0.309 bits per heavy atom. The fourth-order valence-corrected chi connectivity index (χ4v) is 9.55. The summed E-state index contributed by atoms with van der Waals surface area (Å²) in [7, 11) is 0. The van der Waals surface area contributed by atoms with E-state index in [4.69, 9.17) is 14.2 Å². The molecule has 0 spiro atoms. The highest BCUT2D eigenvalue weighted by Crippen LogP contribution is 2.19. The van der Waals surface area contributed by atoms with Crippen LogP contribution in [0, 0.1) is 11.8 Å². The fraction of sp³-hybridized carbons (Fsp3) is 0.952. The largest absolute Gasteiger partial charge is 0.462 e. The molecule has 0 radical (unpaired) electrons. The second-order valence-electron chi connectivity index (χ2n) is 22.1. The summed E-state index contributed by atoms with van der Waals surface area (Å²) in [6, 6.07) is 0. The van der Waals surface area contributed by atoms with Gasteiger partial charge in [0.2, 0.25) is 0 Å². The maximum atomic E-state index is 12.9. The Hall–Kier alpha value is -1.59. The number of esters is 3. The lowest BCUT2D eigenvalue weighted by atomic mass is 9.99. The van der Waals surface area contributed by atoms with Gasteiger partial charge in [-0.1, -0.05) is 311 Å². The third kappa shape index (κ3) is 53.8. The summed E-state index contributed by atoms with van der Waals surface area (Å²) in [6.07, 6.45) is 59.5. The van der Waals surface area contributed by atoms with Gasteiger partial charge < -0.3 is 14.2 Å². The Morgan fingerprint density at radius 2 is 0.559 bits per heavy atom. The Balaban J connectivity index is 4.23. The molecular weight excluding hydrogens is 841 g/mol. The zero-order valence-corrected chi connectivity index (χ0v) is 46.7. The second kappa shape index (κ2) is 54.7. The van der Waals surface area contributed by atoms with Crippen LogP contribution in [-0.4, -0.2) is 37.2 Å². The van der Waals surface area contributed by atoms with Crippen LogP contribution in [0.2, 0.25) is 0 Å². The summed E-state index contributed by atoms with van der Waals surface area (Å²) in [4.78, 5) is 38.2. The standard InChI is InChI=1S/C62H120O6/c1-6-8-9-10-11-12-13-14-22-28-34-39-44-49-54-62(65)68-59(56-67-61(64)53-48-43-38-33-29-24-25-30-35-40-45-50-57(3)4)55-66-60(63)52-47-42-37-32-27-23-20-18-16-15-17-19-21-26-31-36-41-46-51-58(5)7-2/h57-59H,6-56H2,1-5H3/t58?,59-/m0/s1. The Kier molecular flexibility index (Phi) is 53.5. The summed E-state index contributed by atoms with van der Waals surface area (Å²) in [5, 5.41) is 0. The molecule has 0 saturated carbocycles. The molecule has 0 aromatic heterocycles. The molecule has 0 aromatic rings. The summed E-state index contributed by atoms with van der Waals surface area (Å²) in [6.45, 7) is 11.5. The number of hydrogen-bond donors (Lipinski definition) is 0. The van der Waals surface area contributed by atoms with Crippen molar-refractivity contribution in [2.75, 3.05) is 13.2 Å². The van der Waals surface area contributed by atoms with E-state index in [0.717, 1.165) is 69.6 Å². The van der Waals surface area contributed by atoms with Crippen molar-refractivity contribution in [2.24, 2.45) is 11.8 Å². The molecule has 0 aliphatic carbocycles. The van der Waals surface area contributed by atoms with Gasteiger partial charge in [0.25, 0.3) is 0 Å². The summed E-state index contributed by atoms with van der Waals surface area (Å²) >= 11 is 0. The minimum atomic E-state index is -0.763. The quantitative estimate of drug-likeness (QED) is 0.0343. The topological polar surface area (TPSA) is 78.9 Å². The molecule has 0 amide bonds. The molecule has 0 fully saturated rings. The van der Waals surface area contributed by atoms with Crippen LogP contribution in [0.5, 0.6) is 0 Å². The van der Waals surface area contributed by atoms with E-state index in [1.807, 2.05) is 0 Å². The monoisotopic (exact) mass is 961 g/mol. The summed E-state index contributed by atoms with van der Waals surface area (Å²) in [5.74, 6) is 0.901. The van der Waals surface area contributed by atoms with E-state index < -0.39 is 6.10 Å². The minimum absolute atomic E-state index is 0.0622. The van der Waals surface area contributed by atoms with Crippen LogP contribution >= 0.6 is 0 Å². The van der Waals surface area contributed by atoms with Crippen molar-refractivity contribution in [1.29, 1.82) is 0 Å². The van der Waals surface area contributed by atoms with E-state index in [2.05, 4.69) is 34.6 Å². The van der Waals surface area contributed by atoms with Crippen molar-refractivity contribution >= 4 is 17.9 Å². The van der Waals surface area contributed by atoms with E-state index >= 15 is 0 Å². The first-order valence-corrected chi connectivity index (χ1v) is 30.8. The van der Waals surface area contributed by atoms with Crippen molar-refractivity contribution in [3.8, 4) is 0 Å². The number of carbonyl (C=O) groups is 3. The number of rotatable bonds is 56. The van der Waals surface area contributed by atoms with Crippen molar-refractivity contribution in [1.82, 2.24) is 0 Å². The molecule has 1 unspecified atom stereocenters. The van der Waals surface area contributed by atoms with E-state index in [-0.39, 0.29) is 31.1 Å². The maximum absolute atomic E-state index is 12.9. The first kappa shape index (κ1) is 66.4. The molecule has 0 saturated heterocycles. The van der Waals surface area contributed by atoms with Gasteiger partial charge in [-0.2, -0.15) is 0 Å². The van der Waals surface area contributed by atoms with Crippen LogP contribution in [0.3, 0.4) is 0 Å². The first-order chi connectivity index (χ1) is 33.3. The smallest absolute Gasteiger partial charge is 0.306 e. The predicted octanol–water partition coefficient (Wildman–Crippen LogP) is 20.4. The molecule has 2 atom stereocenters. The zero-order chi connectivity index (χ0) is 49.6. The number of hydrogen-bond acceptors (Lipinski definition) is 6. The van der Waals surface area contributed by atoms with Crippen LogP contribution in [-0.2, 0) is 28.6 Å². The molecule has 0 aliphatic rings. The molecule has 0 aromatic carbocycles. The van der Waals surface area contributed by atoms with Gasteiger partial charge in [0.15, 0.2) is 6.10 Å². The van der Waals surface area contributed by atoms with Crippen LogP contribution in [0.1, 0.15) is 349 Å². The molecule has 0 aliphatic heterocycles. The van der Waals surface area contributed by atoms with Gasteiger partial charge in [-0.3, -0.25) is 14.4 Å². The van der Waals surface area contributed by atoms with Crippen LogP contribution in [0.25, 0.3) is 0 Å². The van der Waals surface area contributed by atoms with Crippen molar-refractivity contribution in [3.05, 3.63) is 0 Å². The molecule has 0 rings (SSSR count). The highest BCUT2D eigenvalue weighted by molar-refractivity contribution is 5.71. The number of unbranched alkanes of at least 4 members (excludes halogenated alkanes) is 40. The molecular formula is C62H120O6. The summed E-state index contributed by atoms with van der Waals surface area (Å²) < 4.78 is 16.9. The van der Waals surface area contributed by atoms with Gasteiger partial charge in [0.1, 0.15) is 13.2 Å². The van der Waals surface area contributed by atoms with E-state index in [1.165, 1.54) is 238 Å². The lowest BCUT2D eigenvalue weighted by Gasteiger charge is -2.18. The lowest BCUT2D eigenvalue weighted by molar-refractivity contribution is -0.167. The zero-order valence-electron chi connectivity index (χ0n) is 46.7. The molecule has 68 heavy (non-hydrogen) atoms. The summed E-state index contributed by atoms with van der Waals surface area (Å²) in [5.41, 5.74) is 0. The highest BCUT2D eigenvalue weighted by atomic mass is 16.6. The van der Waals surface area contributed by atoms with Crippen molar-refractivity contribution in [2.45, 2.75) is 355 Å². The Bertz CT molecular complexity index is 1040. The molecule has 0 heterocycles. The van der Waals surface area contributed by atoms with Gasteiger partial charge in [0, 0.05) is 19.3 Å². The molecule has 0 N–H and O–H groups in total. The fourth-order valence-electron chi connectivity index (χ4n) is 9.55. The maximum Gasteiger partial charge on any atom is 0.306 e. The van der Waals surface area contributed by atoms with Crippen LogP contribution in [0.4, 0.5) is 0 Å². The molecule has 6 heteroatoms. The van der Waals surface area contributed by atoms with Gasteiger partial charge in [-0.05, 0) is 31.1 Å². The van der Waals surface area contributed by atoms with Gasteiger partial charge in [-0.25, -0.2) is 0 Å². The van der Waals surface area contributed by atoms with E-state index in [0.29, 0.717) is 19.3 Å². The number of carbonyl (C=O) groups excluding carboxylic acids is 3. The Morgan fingerprint density at radius 3 is 0.838 bits per heavy atom. The van der Waals surface area contributed by atoms with Crippen LogP contribution in [0.15, 0.2) is 0 Å². The molecule has 404 valence electrons. The normalized spacial score (nSPS) is 12.4.